The van der Waals surface area contributed by atoms with Gasteiger partial charge in [-0.05, 0) is 36.8 Å². The van der Waals surface area contributed by atoms with Gasteiger partial charge in [0.2, 0.25) is 0 Å². The van der Waals surface area contributed by atoms with E-state index in [1.165, 1.54) is 11.0 Å². The van der Waals surface area contributed by atoms with Crippen molar-refractivity contribution in [1.29, 1.82) is 0 Å². The normalized spacial score (nSPS) is 10.8. The Hall–Kier alpha value is -2.56. The van der Waals surface area contributed by atoms with E-state index in [1.807, 2.05) is 24.3 Å². The molecule has 2 aromatic carbocycles. The Morgan fingerprint density at radius 3 is 2.24 bits per heavy atom. The molecule has 1 amide bonds. The number of rotatable bonds is 4. The number of hydrogen-bond acceptors (Lipinski definition) is 3. The number of benzene rings is 2. The maximum absolute atomic E-state index is 12.5. The van der Waals surface area contributed by atoms with Gasteiger partial charge in [-0.15, -0.1) is 0 Å². The average Bonchev–Trinajstić information content (AvgIpc) is 2.42. The van der Waals surface area contributed by atoms with Gasteiger partial charge in [0.05, 0.1) is 5.56 Å². The van der Waals surface area contributed by atoms with Crippen molar-refractivity contribution in [1.82, 2.24) is 4.90 Å². The largest absolute Gasteiger partial charge is 0.507 e. The Labute approximate surface area is 122 Å². The Kier molecular flexibility index (Phi) is 4.12. The number of aliphatic carboxylic acids is 1. The molecule has 0 atom stereocenters. The molecular formula is C16H17NO4. The van der Waals surface area contributed by atoms with Crippen LogP contribution in [-0.4, -0.2) is 39.6 Å². The molecule has 2 rings (SSSR count). The minimum absolute atomic E-state index is 0.114. The van der Waals surface area contributed by atoms with Crippen LogP contribution in [0.2, 0.25) is 0 Å². The van der Waals surface area contributed by atoms with Crippen molar-refractivity contribution in [3.05, 3.63) is 42.0 Å². The lowest BCUT2D eigenvalue weighted by atomic mass is 10.0. The molecule has 0 aliphatic rings. The molecule has 0 spiro atoms. The van der Waals surface area contributed by atoms with E-state index in [2.05, 4.69) is 0 Å². The zero-order chi connectivity index (χ0) is 15.6. The molecule has 0 saturated heterocycles. The summed E-state index contributed by atoms with van der Waals surface area (Å²) in [5.41, 5.74) is 0.114. The third-order valence-electron chi connectivity index (χ3n) is 3.28. The van der Waals surface area contributed by atoms with Crippen molar-refractivity contribution in [3.8, 4) is 5.75 Å². The fourth-order valence-electron chi connectivity index (χ4n) is 2.19. The first-order valence-electron chi connectivity index (χ1n) is 6.64. The lowest BCUT2D eigenvalue weighted by Gasteiger charge is -2.25. The van der Waals surface area contributed by atoms with Crippen LogP contribution in [0.15, 0.2) is 36.4 Å². The lowest BCUT2D eigenvalue weighted by molar-refractivity contribution is -0.138. The van der Waals surface area contributed by atoms with Crippen LogP contribution in [-0.2, 0) is 4.79 Å². The summed E-state index contributed by atoms with van der Waals surface area (Å²) in [5, 5.41) is 20.6. The van der Waals surface area contributed by atoms with Gasteiger partial charge in [0.25, 0.3) is 5.91 Å². The number of carbonyl (C=O) groups is 2. The van der Waals surface area contributed by atoms with E-state index in [9.17, 15) is 14.7 Å². The molecule has 0 radical (unpaired) electrons. The fraction of sp³-hybridized carbons (Fsp3) is 0.250. The first-order chi connectivity index (χ1) is 9.90. The van der Waals surface area contributed by atoms with Crippen molar-refractivity contribution in [2.45, 2.75) is 19.9 Å². The van der Waals surface area contributed by atoms with Crippen LogP contribution >= 0.6 is 0 Å². The summed E-state index contributed by atoms with van der Waals surface area (Å²) in [4.78, 5) is 24.6. The molecule has 0 saturated carbocycles. The number of amides is 1. The second-order valence-electron chi connectivity index (χ2n) is 5.14. The highest BCUT2D eigenvalue weighted by Crippen LogP contribution is 2.26. The Morgan fingerprint density at radius 1 is 1.14 bits per heavy atom. The molecule has 0 aliphatic heterocycles. The second-order valence-corrected chi connectivity index (χ2v) is 5.14. The van der Waals surface area contributed by atoms with E-state index in [0.717, 1.165) is 10.8 Å². The van der Waals surface area contributed by atoms with Crippen LogP contribution in [0.1, 0.15) is 24.2 Å². The molecule has 2 aromatic rings. The first kappa shape index (κ1) is 14.8. The van der Waals surface area contributed by atoms with Crippen molar-refractivity contribution < 1.29 is 19.8 Å². The summed E-state index contributed by atoms with van der Waals surface area (Å²) < 4.78 is 0. The number of phenolic OH excluding ortho intramolecular Hbond substituents is 1. The van der Waals surface area contributed by atoms with E-state index >= 15 is 0 Å². The summed E-state index contributed by atoms with van der Waals surface area (Å²) in [6.07, 6.45) is 0. The van der Waals surface area contributed by atoms with Crippen molar-refractivity contribution in [2.75, 3.05) is 6.54 Å². The Bertz CT molecular complexity index is 694. The van der Waals surface area contributed by atoms with Gasteiger partial charge in [0, 0.05) is 6.04 Å². The minimum Gasteiger partial charge on any atom is -0.507 e. The minimum atomic E-state index is -1.09. The van der Waals surface area contributed by atoms with E-state index in [1.54, 1.807) is 19.9 Å². The summed E-state index contributed by atoms with van der Waals surface area (Å²) in [7, 11) is 0. The summed E-state index contributed by atoms with van der Waals surface area (Å²) in [6, 6.07) is 10.2. The quantitative estimate of drug-likeness (QED) is 0.905. The standard InChI is InChI=1S/C16H17NO4/c1-10(2)17(9-15(19)20)16(21)13-7-11-5-3-4-6-12(11)8-14(13)18/h3-8,10,18H,9H2,1-2H3,(H,19,20). The van der Waals surface area contributed by atoms with Gasteiger partial charge in [0.15, 0.2) is 0 Å². The SMILES string of the molecule is CC(C)N(CC(=O)O)C(=O)c1cc2ccccc2cc1O. The molecule has 0 unspecified atom stereocenters. The predicted molar refractivity (Wildman–Crippen MR) is 79.4 cm³/mol. The molecule has 0 aromatic heterocycles. The number of aromatic hydroxyl groups is 1. The molecular weight excluding hydrogens is 270 g/mol. The van der Waals surface area contributed by atoms with Gasteiger partial charge >= 0.3 is 5.97 Å². The molecule has 0 heterocycles. The molecule has 5 heteroatoms. The van der Waals surface area contributed by atoms with Gasteiger partial charge in [0.1, 0.15) is 12.3 Å². The molecule has 21 heavy (non-hydrogen) atoms. The number of nitrogens with zero attached hydrogens (tertiary/aromatic N) is 1. The lowest BCUT2D eigenvalue weighted by Crippen LogP contribution is -2.40. The van der Waals surface area contributed by atoms with Gasteiger partial charge in [-0.3, -0.25) is 9.59 Å². The predicted octanol–water partition coefficient (Wildman–Crippen LogP) is 2.48. The molecule has 0 fully saturated rings. The molecule has 110 valence electrons. The Balaban J connectivity index is 2.46. The zero-order valence-electron chi connectivity index (χ0n) is 11.9. The molecule has 0 aliphatic carbocycles. The highest BCUT2D eigenvalue weighted by atomic mass is 16.4. The topological polar surface area (TPSA) is 77.8 Å². The summed E-state index contributed by atoms with van der Waals surface area (Å²) >= 11 is 0. The summed E-state index contributed by atoms with van der Waals surface area (Å²) in [6.45, 7) is 3.07. The average molecular weight is 287 g/mol. The van der Waals surface area contributed by atoms with Crippen LogP contribution in [0.4, 0.5) is 0 Å². The maximum atomic E-state index is 12.5. The van der Waals surface area contributed by atoms with Crippen LogP contribution in [0.5, 0.6) is 5.75 Å². The second kappa shape index (κ2) is 5.83. The number of fused-ring (bicyclic) bond motifs is 1. The summed E-state index contributed by atoms with van der Waals surface area (Å²) in [5.74, 6) is -1.72. The molecule has 5 nitrogen and oxygen atoms in total. The number of hydrogen-bond donors (Lipinski definition) is 2. The van der Waals surface area contributed by atoms with Crippen molar-refractivity contribution in [3.63, 3.8) is 0 Å². The van der Waals surface area contributed by atoms with E-state index in [4.69, 9.17) is 5.11 Å². The Morgan fingerprint density at radius 2 is 1.71 bits per heavy atom. The van der Waals surface area contributed by atoms with E-state index < -0.39 is 18.4 Å². The first-order valence-corrected chi connectivity index (χ1v) is 6.64. The third-order valence-corrected chi connectivity index (χ3v) is 3.28. The van der Waals surface area contributed by atoms with Crippen LogP contribution < -0.4 is 0 Å². The molecule has 2 N–H and O–H groups in total. The van der Waals surface area contributed by atoms with Gasteiger partial charge in [-0.25, -0.2) is 0 Å². The van der Waals surface area contributed by atoms with Crippen LogP contribution in [0.3, 0.4) is 0 Å². The smallest absolute Gasteiger partial charge is 0.323 e. The highest BCUT2D eigenvalue weighted by molar-refractivity contribution is 6.02. The molecule has 0 bridgehead atoms. The zero-order valence-corrected chi connectivity index (χ0v) is 11.9. The number of carboxylic acid groups (broad SMARTS) is 1. The van der Waals surface area contributed by atoms with Crippen LogP contribution in [0.25, 0.3) is 10.8 Å². The number of carboxylic acids is 1. The number of carbonyl (C=O) groups excluding carboxylic acids is 1. The van der Waals surface area contributed by atoms with Gasteiger partial charge in [-0.1, -0.05) is 24.3 Å². The van der Waals surface area contributed by atoms with Gasteiger partial charge in [-0.2, -0.15) is 0 Å². The van der Waals surface area contributed by atoms with E-state index in [0.29, 0.717) is 0 Å². The third kappa shape index (κ3) is 3.13. The maximum Gasteiger partial charge on any atom is 0.323 e. The highest BCUT2D eigenvalue weighted by Gasteiger charge is 2.23. The fourth-order valence-corrected chi connectivity index (χ4v) is 2.19. The van der Waals surface area contributed by atoms with Crippen molar-refractivity contribution >= 4 is 22.6 Å². The van der Waals surface area contributed by atoms with Crippen LogP contribution in [0, 0.1) is 0 Å². The monoisotopic (exact) mass is 287 g/mol. The van der Waals surface area contributed by atoms with E-state index in [-0.39, 0.29) is 17.4 Å². The number of phenols is 1. The van der Waals surface area contributed by atoms with Crippen molar-refractivity contribution in [2.24, 2.45) is 0 Å². The van der Waals surface area contributed by atoms with Gasteiger partial charge < -0.3 is 15.1 Å².